The van der Waals surface area contributed by atoms with Crippen LogP contribution in [0, 0.1) is 0 Å². The molecule has 0 aromatic heterocycles. The van der Waals surface area contributed by atoms with Crippen molar-refractivity contribution in [2.45, 2.75) is 0 Å². The molecule has 0 fully saturated rings. The second-order valence-corrected chi connectivity index (χ2v) is 2.68. The average molecular weight is 199 g/mol. The summed E-state index contributed by atoms with van der Waals surface area (Å²) in [5, 5.41) is 9.14. The Bertz CT molecular complexity index is 255. The molecule has 0 spiro atoms. The van der Waals surface area contributed by atoms with Crippen molar-refractivity contribution in [3.63, 3.8) is 0 Å². The summed E-state index contributed by atoms with van der Waals surface area (Å²) >= 11 is 3.22. The fourth-order valence-corrected chi connectivity index (χ4v) is 1.12. The predicted octanol–water partition coefficient (Wildman–Crippen LogP) is 2.80. The van der Waals surface area contributed by atoms with Gasteiger partial charge in [0.2, 0.25) is 0 Å². The van der Waals surface area contributed by atoms with Crippen LogP contribution < -0.4 is 0 Å². The Morgan fingerprint density at radius 3 is 2.70 bits per heavy atom. The lowest BCUT2D eigenvalue weighted by Crippen LogP contribution is -1.73. The second kappa shape index (κ2) is 2.88. The van der Waals surface area contributed by atoms with E-state index in [0.29, 0.717) is 4.47 Å². The highest BCUT2D eigenvalue weighted by molar-refractivity contribution is 9.10. The van der Waals surface area contributed by atoms with E-state index < -0.39 is 0 Å². The monoisotopic (exact) mass is 198 g/mol. The van der Waals surface area contributed by atoms with Crippen molar-refractivity contribution in [3.05, 3.63) is 34.8 Å². The zero-order valence-corrected chi connectivity index (χ0v) is 6.93. The first-order valence-electron chi connectivity index (χ1n) is 2.85. The normalized spacial score (nSPS) is 9.30. The Hall–Kier alpha value is -0.760. The molecule has 0 radical (unpaired) electrons. The largest absolute Gasteiger partial charge is 0.507 e. The molecule has 0 unspecified atom stereocenters. The molecule has 1 aromatic carbocycles. The van der Waals surface area contributed by atoms with Crippen molar-refractivity contribution in [2.24, 2.45) is 0 Å². The topological polar surface area (TPSA) is 20.2 Å². The van der Waals surface area contributed by atoms with E-state index in [0.717, 1.165) is 5.56 Å². The number of phenolic OH excluding ortho intramolecular Hbond substituents is 1. The molecule has 1 nitrogen and oxygen atoms in total. The Labute approximate surface area is 68.1 Å². The van der Waals surface area contributed by atoms with E-state index in [-0.39, 0.29) is 5.75 Å². The number of aromatic hydroxyl groups is 1. The van der Waals surface area contributed by atoms with Gasteiger partial charge >= 0.3 is 0 Å². The molecule has 0 aliphatic rings. The molecule has 1 N–H and O–H groups in total. The van der Waals surface area contributed by atoms with Gasteiger partial charge in [-0.15, -0.1) is 0 Å². The molecule has 0 saturated carbocycles. The quantitative estimate of drug-likeness (QED) is 0.737. The SMILES string of the molecule is C=Cc1cccc(O)c1Br. The minimum atomic E-state index is 0.248. The summed E-state index contributed by atoms with van der Waals surface area (Å²) in [5.41, 5.74) is 0.903. The van der Waals surface area contributed by atoms with E-state index in [9.17, 15) is 0 Å². The summed E-state index contributed by atoms with van der Waals surface area (Å²) in [6, 6.07) is 5.27. The Kier molecular flexibility index (Phi) is 2.12. The van der Waals surface area contributed by atoms with Crippen LogP contribution in [-0.2, 0) is 0 Å². The zero-order chi connectivity index (χ0) is 7.56. The highest BCUT2D eigenvalue weighted by Crippen LogP contribution is 2.27. The minimum absolute atomic E-state index is 0.248. The third-order valence-electron chi connectivity index (χ3n) is 1.23. The van der Waals surface area contributed by atoms with E-state index in [4.69, 9.17) is 5.11 Å². The van der Waals surface area contributed by atoms with Gasteiger partial charge in [-0.25, -0.2) is 0 Å². The summed E-state index contributed by atoms with van der Waals surface area (Å²) in [7, 11) is 0. The van der Waals surface area contributed by atoms with E-state index in [1.807, 2.05) is 6.07 Å². The molecule has 0 saturated heterocycles. The molecule has 1 rings (SSSR count). The van der Waals surface area contributed by atoms with Crippen molar-refractivity contribution < 1.29 is 5.11 Å². The van der Waals surface area contributed by atoms with E-state index >= 15 is 0 Å². The molecule has 0 bridgehead atoms. The standard InChI is InChI=1S/C8H7BrO/c1-2-6-4-3-5-7(10)8(6)9/h2-5,10H,1H2. The first-order chi connectivity index (χ1) is 4.75. The molecule has 0 heterocycles. The molecule has 0 atom stereocenters. The van der Waals surface area contributed by atoms with Crippen LogP contribution in [0.4, 0.5) is 0 Å². The van der Waals surface area contributed by atoms with E-state index in [1.165, 1.54) is 0 Å². The van der Waals surface area contributed by atoms with Crippen LogP contribution in [0.3, 0.4) is 0 Å². The van der Waals surface area contributed by atoms with Gasteiger partial charge in [0.1, 0.15) is 5.75 Å². The lowest BCUT2D eigenvalue weighted by molar-refractivity contribution is 0.472. The number of benzene rings is 1. The van der Waals surface area contributed by atoms with Crippen molar-refractivity contribution in [1.29, 1.82) is 0 Å². The number of phenols is 1. The van der Waals surface area contributed by atoms with Crippen molar-refractivity contribution in [1.82, 2.24) is 0 Å². The Balaban J connectivity index is 3.27. The fraction of sp³-hybridized carbons (Fsp3) is 0. The number of hydrogen-bond donors (Lipinski definition) is 1. The molecule has 0 aliphatic heterocycles. The highest BCUT2D eigenvalue weighted by Gasteiger charge is 1.98. The third kappa shape index (κ3) is 1.21. The van der Waals surface area contributed by atoms with Gasteiger partial charge in [-0.3, -0.25) is 0 Å². The Morgan fingerprint density at radius 2 is 2.20 bits per heavy atom. The van der Waals surface area contributed by atoms with Crippen LogP contribution in [0.5, 0.6) is 5.75 Å². The van der Waals surface area contributed by atoms with Crippen LogP contribution in [0.25, 0.3) is 6.08 Å². The van der Waals surface area contributed by atoms with Crippen LogP contribution in [-0.4, -0.2) is 5.11 Å². The number of halogens is 1. The predicted molar refractivity (Wildman–Crippen MR) is 45.9 cm³/mol. The molecule has 2 heteroatoms. The molecular weight excluding hydrogens is 192 g/mol. The highest BCUT2D eigenvalue weighted by atomic mass is 79.9. The van der Waals surface area contributed by atoms with Crippen LogP contribution in [0.15, 0.2) is 29.3 Å². The van der Waals surface area contributed by atoms with Gasteiger partial charge in [0, 0.05) is 0 Å². The van der Waals surface area contributed by atoms with Gasteiger partial charge in [-0.05, 0) is 27.6 Å². The van der Waals surface area contributed by atoms with Gasteiger partial charge in [0.05, 0.1) is 4.47 Å². The molecule has 1 aromatic rings. The second-order valence-electron chi connectivity index (χ2n) is 1.88. The summed E-state index contributed by atoms with van der Waals surface area (Å²) < 4.78 is 0.699. The summed E-state index contributed by atoms with van der Waals surface area (Å²) in [5.74, 6) is 0.248. The summed E-state index contributed by atoms with van der Waals surface area (Å²) in [6.45, 7) is 3.59. The molecule has 0 amide bonds. The van der Waals surface area contributed by atoms with Crippen molar-refractivity contribution in [3.8, 4) is 5.75 Å². The van der Waals surface area contributed by atoms with Gasteiger partial charge < -0.3 is 5.11 Å². The van der Waals surface area contributed by atoms with E-state index in [1.54, 1.807) is 18.2 Å². The van der Waals surface area contributed by atoms with Crippen LogP contribution in [0.2, 0.25) is 0 Å². The Morgan fingerprint density at radius 1 is 1.50 bits per heavy atom. The lowest BCUT2D eigenvalue weighted by Gasteiger charge is -1.98. The smallest absolute Gasteiger partial charge is 0.130 e. The summed E-state index contributed by atoms with van der Waals surface area (Å²) in [4.78, 5) is 0. The first kappa shape index (κ1) is 7.35. The molecule has 52 valence electrons. The molecule has 10 heavy (non-hydrogen) atoms. The maximum atomic E-state index is 9.14. The average Bonchev–Trinajstić information content (AvgIpc) is 1.95. The van der Waals surface area contributed by atoms with Gasteiger partial charge in [0.15, 0.2) is 0 Å². The number of hydrogen-bond acceptors (Lipinski definition) is 1. The van der Waals surface area contributed by atoms with Gasteiger partial charge in [-0.2, -0.15) is 0 Å². The number of rotatable bonds is 1. The maximum absolute atomic E-state index is 9.14. The van der Waals surface area contributed by atoms with Crippen molar-refractivity contribution >= 4 is 22.0 Å². The summed E-state index contributed by atoms with van der Waals surface area (Å²) in [6.07, 6.45) is 1.68. The van der Waals surface area contributed by atoms with Crippen LogP contribution in [0.1, 0.15) is 5.56 Å². The first-order valence-corrected chi connectivity index (χ1v) is 3.65. The minimum Gasteiger partial charge on any atom is -0.507 e. The molecular formula is C8H7BrO. The third-order valence-corrected chi connectivity index (χ3v) is 2.09. The lowest BCUT2D eigenvalue weighted by atomic mass is 10.2. The van der Waals surface area contributed by atoms with Crippen LogP contribution >= 0.6 is 15.9 Å². The maximum Gasteiger partial charge on any atom is 0.130 e. The molecule has 0 aliphatic carbocycles. The van der Waals surface area contributed by atoms with E-state index in [2.05, 4.69) is 22.5 Å². The zero-order valence-electron chi connectivity index (χ0n) is 5.34. The van der Waals surface area contributed by atoms with Gasteiger partial charge in [0.25, 0.3) is 0 Å². The van der Waals surface area contributed by atoms with Crippen molar-refractivity contribution in [2.75, 3.05) is 0 Å². The van der Waals surface area contributed by atoms with Gasteiger partial charge in [-0.1, -0.05) is 24.8 Å². The fourth-order valence-electron chi connectivity index (χ4n) is 0.695.